The summed E-state index contributed by atoms with van der Waals surface area (Å²) in [7, 11) is 0. The van der Waals surface area contributed by atoms with Gasteiger partial charge in [0.05, 0.1) is 27.9 Å². The van der Waals surface area contributed by atoms with Crippen LogP contribution in [-0.2, 0) is 9.59 Å². The Morgan fingerprint density at radius 1 is 0.920 bits per heavy atom. The number of amides is 2. The van der Waals surface area contributed by atoms with E-state index in [1.54, 1.807) is 24.3 Å². The van der Waals surface area contributed by atoms with Crippen LogP contribution in [0, 0.1) is 0 Å². The van der Waals surface area contributed by atoms with E-state index in [-0.39, 0.29) is 15.6 Å². The fourth-order valence-electron chi connectivity index (χ4n) is 2.50. The predicted octanol–water partition coefficient (Wildman–Crippen LogP) is 4.92. The van der Waals surface area contributed by atoms with E-state index in [1.165, 1.54) is 18.2 Å². The van der Waals surface area contributed by atoms with Crippen LogP contribution in [-0.4, -0.2) is 18.4 Å². The molecule has 0 atom stereocenters. The van der Waals surface area contributed by atoms with Gasteiger partial charge in [0.1, 0.15) is 10.8 Å². The van der Waals surface area contributed by atoms with Gasteiger partial charge in [-0.3, -0.25) is 9.59 Å². The molecule has 1 aliphatic heterocycles. The molecule has 3 rings (SSSR count). The molecular weight excluding hydrogens is 385 g/mol. The van der Waals surface area contributed by atoms with Crippen molar-refractivity contribution in [1.29, 1.82) is 0 Å². The maximum Gasteiger partial charge on any atom is 0.277 e. The largest absolute Gasteiger partial charge is 0.494 e. The van der Waals surface area contributed by atoms with E-state index >= 15 is 0 Å². The van der Waals surface area contributed by atoms with Crippen molar-refractivity contribution in [2.24, 2.45) is 0 Å². The third-order valence-corrected chi connectivity index (χ3v) is 4.73. The van der Waals surface area contributed by atoms with Gasteiger partial charge in [-0.25, -0.2) is 4.90 Å². The van der Waals surface area contributed by atoms with E-state index in [0.717, 1.165) is 4.90 Å². The maximum atomic E-state index is 12.8. The number of ether oxygens (including phenoxy) is 1. The number of carbonyl (C=O) groups is 2. The normalized spacial score (nSPS) is 14.5. The Morgan fingerprint density at radius 3 is 2.20 bits per heavy atom. The second kappa shape index (κ2) is 7.08. The van der Waals surface area contributed by atoms with Gasteiger partial charge in [0.25, 0.3) is 11.8 Å². The summed E-state index contributed by atoms with van der Waals surface area (Å²) >= 11 is 18.0. The maximum absolute atomic E-state index is 12.8. The molecule has 0 fully saturated rings. The summed E-state index contributed by atoms with van der Waals surface area (Å²) in [4.78, 5) is 26.3. The molecule has 0 saturated carbocycles. The molecular formula is C18H12Cl3NO3. The fourth-order valence-corrected chi connectivity index (χ4v) is 3.06. The average molecular weight is 397 g/mol. The van der Waals surface area contributed by atoms with Crippen LogP contribution in [0.4, 0.5) is 5.69 Å². The third kappa shape index (κ3) is 3.25. The Balaban J connectivity index is 1.97. The van der Waals surface area contributed by atoms with Crippen LogP contribution in [0.15, 0.2) is 47.5 Å². The van der Waals surface area contributed by atoms with Gasteiger partial charge in [-0.1, -0.05) is 46.9 Å². The molecule has 0 aromatic heterocycles. The first-order chi connectivity index (χ1) is 11.9. The number of anilines is 1. The molecule has 2 amide bonds. The first kappa shape index (κ1) is 17.8. The molecule has 2 aromatic carbocycles. The van der Waals surface area contributed by atoms with Gasteiger partial charge in [-0.2, -0.15) is 0 Å². The molecule has 0 N–H and O–H groups in total. The Hall–Kier alpha value is -2.01. The molecule has 2 aromatic rings. The van der Waals surface area contributed by atoms with E-state index in [2.05, 4.69) is 0 Å². The first-order valence-electron chi connectivity index (χ1n) is 7.41. The van der Waals surface area contributed by atoms with E-state index in [4.69, 9.17) is 39.5 Å². The smallest absolute Gasteiger partial charge is 0.277 e. The molecule has 0 unspecified atom stereocenters. The van der Waals surface area contributed by atoms with Gasteiger partial charge in [-0.15, -0.1) is 0 Å². The molecule has 1 aliphatic rings. The highest BCUT2D eigenvalue weighted by Gasteiger charge is 2.39. The van der Waals surface area contributed by atoms with E-state index in [1.807, 2.05) is 6.92 Å². The van der Waals surface area contributed by atoms with Crippen LogP contribution in [0.2, 0.25) is 10.0 Å². The highest BCUT2D eigenvalue weighted by Crippen LogP contribution is 2.37. The lowest BCUT2D eigenvalue weighted by Gasteiger charge is -2.15. The van der Waals surface area contributed by atoms with Crippen molar-refractivity contribution in [2.75, 3.05) is 11.5 Å². The van der Waals surface area contributed by atoms with Crippen LogP contribution in [0.5, 0.6) is 5.75 Å². The fraction of sp³-hybridized carbons (Fsp3) is 0.111. The third-order valence-electron chi connectivity index (χ3n) is 3.64. The molecule has 4 nitrogen and oxygen atoms in total. The standard InChI is InChI=1S/C18H12Cl3NO3/c1-2-25-12-6-3-10(4-7-12)15-16(21)18(24)22(17(15)23)11-5-8-13(19)14(20)9-11/h3-9H,2H2,1H3. The van der Waals surface area contributed by atoms with Crippen LogP contribution < -0.4 is 9.64 Å². The van der Waals surface area contributed by atoms with Crippen LogP contribution >= 0.6 is 34.8 Å². The summed E-state index contributed by atoms with van der Waals surface area (Å²) in [5.41, 5.74) is 0.985. The minimum Gasteiger partial charge on any atom is -0.494 e. The van der Waals surface area contributed by atoms with Crippen LogP contribution in [0.25, 0.3) is 5.57 Å². The number of rotatable bonds is 4. The van der Waals surface area contributed by atoms with Crippen molar-refractivity contribution < 1.29 is 14.3 Å². The second-order valence-electron chi connectivity index (χ2n) is 5.19. The second-order valence-corrected chi connectivity index (χ2v) is 6.38. The summed E-state index contributed by atoms with van der Waals surface area (Å²) in [6.45, 7) is 2.41. The number of imide groups is 1. The Bertz CT molecular complexity index is 891. The molecule has 128 valence electrons. The zero-order chi connectivity index (χ0) is 18.1. The number of hydrogen-bond donors (Lipinski definition) is 0. The molecule has 25 heavy (non-hydrogen) atoms. The van der Waals surface area contributed by atoms with Crippen molar-refractivity contribution in [3.8, 4) is 5.75 Å². The van der Waals surface area contributed by atoms with Gasteiger partial charge in [0, 0.05) is 0 Å². The Kier molecular flexibility index (Phi) is 5.04. The summed E-state index contributed by atoms with van der Waals surface area (Å²) in [6, 6.07) is 11.3. The van der Waals surface area contributed by atoms with E-state index < -0.39 is 11.8 Å². The van der Waals surface area contributed by atoms with Crippen molar-refractivity contribution >= 4 is 57.9 Å². The minimum atomic E-state index is -0.603. The van der Waals surface area contributed by atoms with Crippen LogP contribution in [0.1, 0.15) is 12.5 Å². The summed E-state index contributed by atoms with van der Waals surface area (Å²) < 4.78 is 5.37. The van der Waals surface area contributed by atoms with E-state index in [9.17, 15) is 9.59 Å². The molecule has 7 heteroatoms. The van der Waals surface area contributed by atoms with Gasteiger partial charge in [-0.05, 0) is 42.8 Å². The molecule has 0 radical (unpaired) electrons. The summed E-state index contributed by atoms with van der Waals surface area (Å²) in [6.07, 6.45) is 0. The summed E-state index contributed by atoms with van der Waals surface area (Å²) in [5, 5.41) is 0.431. The number of nitrogens with zero attached hydrogens (tertiary/aromatic N) is 1. The number of hydrogen-bond acceptors (Lipinski definition) is 3. The van der Waals surface area contributed by atoms with Crippen LogP contribution in [0.3, 0.4) is 0 Å². The van der Waals surface area contributed by atoms with Gasteiger partial charge >= 0.3 is 0 Å². The lowest BCUT2D eigenvalue weighted by Crippen LogP contribution is -2.31. The highest BCUT2D eigenvalue weighted by atomic mass is 35.5. The number of halogens is 3. The lowest BCUT2D eigenvalue weighted by molar-refractivity contribution is -0.119. The molecule has 0 aliphatic carbocycles. The van der Waals surface area contributed by atoms with Gasteiger partial charge in [0.15, 0.2) is 0 Å². The zero-order valence-corrected chi connectivity index (χ0v) is 15.3. The van der Waals surface area contributed by atoms with Crippen molar-refractivity contribution in [3.05, 3.63) is 63.1 Å². The Morgan fingerprint density at radius 2 is 1.60 bits per heavy atom. The summed E-state index contributed by atoms with van der Waals surface area (Å²) in [5.74, 6) is -0.451. The first-order valence-corrected chi connectivity index (χ1v) is 8.54. The lowest BCUT2D eigenvalue weighted by atomic mass is 10.1. The number of benzene rings is 2. The molecule has 1 heterocycles. The van der Waals surface area contributed by atoms with Crippen molar-refractivity contribution in [2.45, 2.75) is 6.92 Å². The van der Waals surface area contributed by atoms with Gasteiger partial charge in [0.2, 0.25) is 0 Å². The predicted molar refractivity (Wildman–Crippen MR) is 99.3 cm³/mol. The number of carbonyl (C=O) groups excluding carboxylic acids is 2. The molecule has 0 bridgehead atoms. The highest BCUT2D eigenvalue weighted by molar-refractivity contribution is 6.60. The molecule has 0 spiro atoms. The average Bonchev–Trinajstić information content (AvgIpc) is 2.81. The Labute approximate surface area is 159 Å². The van der Waals surface area contributed by atoms with E-state index in [0.29, 0.717) is 28.6 Å². The quantitative estimate of drug-likeness (QED) is 0.689. The zero-order valence-electron chi connectivity index (χ0n) is 13.1. The molecule has 0 saturated heterocycles. The van der Waals surface area contributed by atoms with Gasteiger partial charge < -0.3 is 4.74 Å². The van der Waals surface area contributed by atoms with Crippen molar-refractivity contribution in [1.82, 2.24) is 0 Å². The SMILES string of the molecule is CCOc1ccc(C2=C(Cl)C(=O)N(c3ccc(Cl)c(Cl)c3)C2=O)cc1. The monoisotopic (exact) mass is 395 g/mol. The van der Waals surface area contributed by atoms with Crippen molar-refractivity contribution in [3.63, 3.8) is 0 Å². The topological polar surface area (TPSA) is 46.6 Å². The minimum absolute atomic E-state index is 0.139.